The summed E-state index contributed by atoms with van der Waals surface area (Å²) in [6.07, 6.45) is 0.405. The maximum Gasteiger partial charge on any atom is 0.411 e. The van der Waals surface area contributed by atoms with Crippen LogP contribution in [0.4, 0.5) is 4.79 Å². The molecule has 1 amide bonds. The molecule has 2 aliphatic rings. The Kier molecular flexibility index (Phi) is 4.22. The standard InChI is InChI=1S/C14H24N2O4/c1-5-19-12(17)11-9-6-10(8-15-7-9)16(11)13(18)20-14(2,3)4/h9-11,15H,5-8H2,1-4H3/t9-,10-,11+/m0/s1. The zero-order valence-electron chi connectivity index (χ0n) is 12.6. The first-order valence-electron chi connectivity index (χ1n) is 7.22. The van der Waals surface area contributed by atoms with Gasteiger partial charge in [-0.1, -0.05) is 0 Å². The van der Waals surface area contributed by atoms with Crippen LogP contribution in [0.5, 0.6) is 0 Å². The average Bonchev–Trinajstić information content (AvgIpc) is 2.58. The highest BCUT2D eigenvalue weighted by Crippen LogP contribution is 2.34. The van der Waals surface area contributed by atoms with Gasteiger partial charge in [0.05, 0.1) is 6.61 Å². The molecule has 0 spiro atoms. The molecule has 6 heteroatoms. The quantitative estimate of drug-likeness (QED) is 0.770. The van der Waals surface area contributed by atoms with Crippen LogP contribution in [0.2, 0.25) is 0 Å². The summed E-state index contributed by atoms with van der Waals surface area (Å²) in [6.45, 7) is 9.00. The minimum atomic E-state index is -0.569. The number of rotatable bonds is 2. The molecule has 0 unspecified atom stereocenters. The van der Waals surface area contributed by atoms with Crippen molar-refractivity contribution in [3.8, 4) is 0 Å². The first-order chi connectivity index (χ1) is 9.33. The molecular weight excluding hydrogens is 260 g/mol. The maximum absolute atomic E-state index is 12.4. The van der Waals surface area contributed by atoms with E-state index >= 15 is 0 Å². The van der Waals surface area contributed by atoms with Crippen molar-refractivity contribution in [3.05, 3.63) is 0 Å². The first kappa shape index (κ1) is 15.1. The van der Waals surface area contributed by atoms with E-state index in [1.54, 1.807) is 11.8 Å². The number of hydrogen-bond acceptors (Lipinski definition) is 5. The van der Waals surface area contributed by atoms with Crippen LogP contribution in [0.25, 0.3) is 0 Å². The predicted octanol–water partition coefficient (Wildman–Crippen LogP) is 1.15. The number of nitrogens with one attached hydrogen (secondary N) is 1. The molecule has 20 heavy (non-hydrogen) atoms. The molecule has 0 saturated carbocycles. The van der Waals surface area contributed by atoms with E-state index in [1.165, 1.54) is 0 Å². The zero-order valence-corrected chi connectivity index (χ0v) is 12.6. The average molecular weight is 284 g/mol. The topological polar surface area (TPSA) is 67.9 Å². The van der Waals surface area contributed by atoms with Crippen molar-refractivity contribution >= 4 is 12.1 Å². The third-order valence-corrected chi connectivity index (χ3v) is 3.63. The summed E-state index contributed by atoms with van der Waals surface area (Å²) in [4.78, 5) is 26.1. The smallest absolute Gasteiger partial charge is 0.411 e. The summed E-state index contributed by atoms with van der Waals surface area (Å²) in [6, 6.07) is -0.511. The van der Waals surface area contributed by atoms with E-state index in [0.717, 1.165) is 13.0 Å². The van der Waals surface area contributed by atoms with Crippen molar-refractivity contribution in [2.75, 3.05) is 19.7 Å². The normalized spacial score (nSPS) is 29.2. The van der Waals surface area contributed by atoms with E-state index in [-0.39, 0.29) is 17.9 Å². The fraction of sp³-hybridized carbons (Fsp3) is 0.857. The number of ether oxygens (including phenoxy) is 2. The molecule has 2 saturated heterocycles. The van der Waals surface area contributed by atoms with Crippen LogP contribution < -0.4 is 5.32 Å². The monoisotopic (exact) mass is 284 g/mol. The lowest BCUT2D eigenvalue weighted by molar-refractivity contribution is -0.149. The fourth-order valence-corrected chi connectivity index (χ4v) is 2.97. The Morgan fingerprint density at radius 3 is 2.60 bits per heavy atom. The second kappa shape index (κ2) is 5.60. The van der Waals surface area contributed by atoms with Gasteiger partial charge in [-0.05, 0) is 34.1 Å². The second-order valence-electron chi connectivity index (χ2n) is 6.39. The molecular formula is C14H24N2O4. The van der Waals surface area contributed by atoms with Crippen LogP contribution in [-0.4, -0.2) is 54.3 Å². The van der Waals surface area contributed by atoms with Crippen molar-refractivity contribution in [3.63, 3.8) is 0 Å². The van der Waals surface area contributed by atoms with Gasteiger partial charge >= 0.3 is 12.1 Å². The molecule has 2 heterocycles. The maximum atomic E-state index is 12.4. The van der Waals surface area contributed by atoms with Gasteiger partial charge in [0.15, 0.2) is 0 Å². The van der Waals surface area contributed by atoms with E-state index in [9.17, 15) is 9.59 Å². The van der Waals surface area contributed by atoms with Crippen molar-refractivity contribution < 1.29 is 19.1 Å². The summed E-state index contributed by atoms with van der Waals surface area (Å²) in [5, 5.41) is 3.26. The molecule has 0 radical (unpaired) electrons. The molecule has 0 aromatic heterocycles. The van der Waals surface area contributed by atoms with Crippen LogP contribution >= 0.6 is 0 Å². The number of fused-ring (bicyclic) bond motifs is 2. The number of esters is 1. The summed E-state index contributed by atoms with van der Waals surface area (Å²) in [5.41, 5.74) is -0.569. The lowest BCUT2D eigenvalue weighted by Gasteiger charge is -2.31. The van der Waals surface area contributed by atoms with Gasteiger partial charge in [0, 0.05) is 25.0 Å². The van der Waals surface area contributed by atoms with Gasteiger partial charge < -0.3 is 14.8 Å². The fourth-order valence-electron chi connectivity index (χ4n) is 2.97. The molecule has 2 fully saturated rings. The Bertz CT molecular complexity index is 391. The molecule has 2 bridgehead atoms. The van der Waals surface area contributed by atoms with Crippen LogP contribution in [0.3, 0.4) is 0 Å². The Morgan fingerprint density at radius 1 is 1.30 bits per heavy atom. The van der Waals surface area contributed by atoms with Gasteiger partial charge in [-0.15, -0.1) is 0 Å². The third-order valence-electron chi connectivity index (χ3n) is 3.63. The Balaban J connectivity index is 2.18. The van der Waals surface area contributed by atoms with Crippen LogP contribution in [0, 0.1) is 5.92 Å². The number of carbonyl (C=O) groups is 2. The molecule has 3 atom stereocenters. The van der Waals surface area contributed by atoms with Gasteiger partial charge in [0.25, 0.3) is 0 Å². The van der Waals surface area contributed by atoms with Crippen LogP contribution in [0.15, 0.2) is 0 Å². The van der Waals surface area contributed by atoms with Crippen molar-refractivity contribution in [2.45, 2.75) is 51.8 Å². The molecule has 0 aromatic carbocycles. The number of likely N-dealkylation sites (tertiary alicyclic amines) is 1. The SMILES string of the molecule is CCOC(=O)[C@H]1[C@@H]2CNC[C@H](C2)N1C(=O)OC(C)(C)C. The lowest BCUT2D eigenvalue weighted by Crippen LogP contribution is -2.49. The van der Waals surface area contributed by atoms with E-state index in [1.807, 2.05) is 20.8 Å². The van der Waals surface area contributed by atoms with Crippen molar-refractivity contribution in [1.82, 2.24) is 10.2 Å². The minimum absolute atomic E-state index is 0.0120. The third kappa shape index (κ3) is 3.06. The summed E-state index contributed by atoms with van der Waals surface area (Å²) >= 11 is 0. The van der Waals surface area contributed by atoms with Crippen molar-refractivity contribution in [2.24, 2.45) is 5.92 Å². The zero-order chi connectivity index (χ0) is 14.9. The number of nitrogens with zero attached hydrogens (tertiary/aromatic N) is 1. The van der Waals surface area contributed by atoms with Gasteiger partial charge in [0.1, 0.15) is 11.6 Å². The molecule has 1 N–H and O–H groups in total. The first-order valence-corrected chi connectivity index (χ1v) is 7.22. The molecule has 2 rings (SSSR count). The highest BCUT2D eigenvalue weighted by molar-refractivity contribution is 5.83. The molecule has 0 aliphatic carbocycles. The van der Waals surface area contributed by atoms with Gasteiger partial charge in [-0.2, -0.15) is 0 Å². The Labute approximate surface area is 119 Å². The van der Waals surface area contributed by atoms with E-state index in [0.29, 0.717) is 13.2 Å². The molecule has 6 nitrogen and oxygen atoms in total. The van der Waals surface area contributed by atoms with Crippen molar-refractivity contribution in [1.29, 1.82) is 0 Å². The Hall–Kier alpha value is -1.30. The minimum Gasteiger partial charge on any atom is -0.464 e. The lowest BCUT2D eigenvalue weighted by atomic mass is 9.96. The highest BCUT2D eigenvalue weighted by Gasteiger charge is 2.51. The number of amides is 1. The van der Waals surface area contributed by atoms with E-state index < -0.39 is 17.7 Å². The molecule has 2 aliphatic heterocycles. The largest absolute Gasteiger partial charge is 0.464 e. The van der Waals surface area contributed by atoms with Gasteiger partial charge in [0.2, 0.25) is 0 Å². The van der Waals surface area contributed by atoms with Crippen LogP contribution in [0.1, 0.15) is 34.1 Å². The van der Waals surface area contributed by atoms with Gasteiger partial charge in [-0.25, -0.2) is 9.59 Å². The summed E-state index contributed by atoms with van der Waals surface area (Å²) < 4.78 is 10.6. The molecule has 0 aromatic rings. The number of piperidine rings is 1. The number of carbonyl (C=O) groups excluding carboxylic acids is 2. The number of hydrogen-bond donors (Lipinski definition) is 1. The van der Waals surface area contributed by atoms with Crippen LogP contribution in [-0.2, 0) is 14.3 Å². The summed E-state index contributed by atoms with van der Waals surface area (Å²) in [5.74, 6) is -0.213. The highest BCUT2D eigenvalue weighted by atomic mass is 16.6. The second-order valence-corrected chi connectivity index (χ2v) is 6.39. The predicted molar refractivity (Wildman–Crippen MR) is 73.3 cm³/mol. The Morgan fingerprint density at radius 2 is 2.00 bits per heavy atom. The van der Waals surface area contributed by atoms with E-state index in [2.05, 4.69) is 5.32 Å². The van der Waals surface area contributed by atoms with Gasteiger partial charge in [-0.3, -0.25) is 4.90 Å². The summed E-state index contributed by atoms with van der Waals surface area (Å²) in [7, 11) is 0. The van der Waals surface area contributed by atoms with E-state index in [4.69, 9.17) is 9.47 Å². The molecule has 114 valence electrons.